The summed E-state index contributed by atoms with van der Waals surface area (Å²) in [5, 5.41) is 0. The van der Waals surface area contributed by atoms with Crippen LogP contribution in [0, 0.1) is 0 Å². The number of benzene rings is 1. The van der Waals surface area contributed by atoms with Gasteiger partial charge in [0.2, 0.25) is 5.91 Å². The van der Waals surface area contributed by atoms with Gasteiger partial charge in [-0.1, -0.05) is 37.4 Å². The number of alkyl halides is 3. The summed E-state index contributed by atoms with van der Waals surface area (Å²) in [5.41, 5.74) is 0.848. The molecule has 0 N–H and O–H groups in total. The van der Waals surface area contributed by atoms with Crippen molar-refractivity contribution in [1.29, 1.82) is 0 Å². The Balaban J connectivity index is 0.00000456. The third-order valence-electron chi connectivity index (χ3n) is 6.40. The molecule has 0 unspecified atom stereocenters. The third-order valence-corrected chi connectivity index (χ3v) is 6.40. The number of rotatable bonds is 9. The molecule has 198 valence electrons. The fraction of sp³-hybridized carbons (Fsp3) is 0.500. The van der Waals surface area contributed by atoms with Gasteiger partial charge in [-0.25, -0.2) is 0 Å². The summed E-state index contributed by atoms with van der Waals surface area (Å²) in [7, 11) is 0. The van der Waals surface area contributed by atoms with Crippen LogP contribution in [0.5, 0.6) is 0 Å². The lowest BCUT2D eigenvalue weighted by Crippen LogP contribution is -2.59. The van der Waals surface area contributed by atoms with Crippen LogP contribution in [0.3, 0.4) is 0 Å². The van der Waals surface area contributed by atoms with Crippen LogP contribution in [0.25, 0.3) is 0 Å². The van der Waals surface area contributed by atoms with E-state index in [4.69, 9.17) is 4.74 Å². The van der Waals surface area contributed by atoms with E-state index in [1.54, 1.807) is 11.8 Å². The Kier molecular flexibility index (Phi) is 10.5. The fourth-order valence-corrected chi connectivity index (χ4v) is 4.39. The fourth-order valence-electron chi connectivity index (χ4n) is 4.39. The number of amides is 1. The van der Waals surface area contributed by atoms with E-state index >= 15 is 0 Å². The van der Waals surface area contributed by atoms with Gasteiger partial charge in [0, 0.05) is 32.3 Å². The summed E-state index contributed by atoms with van der Waals surface area (Å²) in [5.74, 6) is -0.0832. The number of nitrogens with zero attached hydrogens (tertiary/aromatic N) is 3. The van der Waals surface area contributed by atoms with Crippen molar-refractivity contribution in [2.24, 2.45) is 4.99 Å². The predicted molar refractivity (Wildman–Crippen MR) is 136 cm³/mol. The molecule has 6 nitrogen and oxygen atoms in total. The maximum atomic E-state index is 12.6. The SMILES string of the molecule is C=C(CN1CC2(CCN(CCc3cccc(CC(C)=O)c3)CC2)OCC1=O)N=CC(=C)C(F)(F)F.Cl. The molecular weight excluding hydrogens is 495 g/mol. The molecule has 1 amide bonds. The van der Waals surface area contributed by atoms with Crippen LogP contribution >= 0.6 is 12.4 Å². The Bertz CT molecular complexity index is 1000. The first-order chi connectivity index (χ1) is 16.5. The van der Waals surface area contributed by atoms with Crippen molar-refractivity contribution in [3.63, 3.8) is 0 Å². The number of piperidine rings is 1. The molecule has 2 aliphatic heterocycles. The zero-order chi connectivity index (χ0) is 25.6. The Hall–Kier alpha value is -2.49. The second-order valence-electron chi connectivity index (χ2n) is 9.36. The number of aliphatic imine (C=N–C) groups is 1. The van der Waals surface area contributed by atoms with Crippen molar-refractivity contribution < 1.29 is 27.5 Å². The average molecular weight is 528 g/mol. The molecule has 10 heteroatoms. The highest BCUT2D eigenvalue weighted by atomic mass is 35.5. The van der Waals surface area contributed by atoms with Crippen LogP contribution in [0.4, 0.5) is 13.2 Å². The standard InChI is InChI=1S/C26H32F3N3O3.ClH/c1-19(26(27,28)29)15-30-20(2)16-32-18-25(35-17-24(32)34)8-11-31(12-9-25)10-7-22-5-4-6-23(14-22)13-21(3)33;/h4-6,14-15H,1-2,7-13,16-18H2,3H3;1H. The summed E-state index contributed by atoms with van der Waals surface area (Å²) >= 11 is 0. The number of carbonyl (C=O) groups is 2. The zero-order valence-electron chi connectivity index (χ0n) is 20.5. The van der Waals surface area contributed by atoms with Gasteiger partial charge in [-0.2, -0.15) is 13.2 Å². The zero-order valence-corrected chi connectivity index (χ0v) is 21.3. The van der Waals surface area contributed by atoms with Crippen LogP contribution in [0.1, 0.15) is 30.9 Å². The summed E-state index contributed by atoms with van der Waals surface area (Å²) < 4.78 is 43.7. The number of halogens is 4. The van der Waals surface area contributed by atoms with Gasteiger partial charge >= 0.3 is 6.18 Å². The molecule has 3 rings (SSSR count). The molecule has 2 aliphatic rings. The number of ether oxygens (including phenoxy) is 1. The molecule has 2 fully saturated rings. The maximum absolute atomic E-state index is 12.6. The van der Waals surface area contributed by atoms with Gasteiger partial charge in [0.1, 0.15) is 12.4 Å². The number of hydrogen-bond donors (Lipinski definition) is 0. The van der Waals surface area contributed by atoms with E-state index in [2.05, 4.69) is 35.2 Å². The first-order valence-corrected chi connectivity index (χ1v) is 11.7. The topological polar surface area (TPSA) is 62.2 Å². The lowest BCUT2D eigenvalue weighted by atomic mass is 9.89. The highest BCUT2D eigenvalue weighted by Crippen LogP contribution is 2.31. The first-order valence-electron chi connectivity index (χ1n) is 11.7. The molecule has 0 radical (unpaired) electrons. The second kappa shape index (κ2) is 12.7. The minimum Gasteiger partial charge on any atom is -0.363 e. The monoisotopic (exact) mass is 527 g/mol. The maximum Gasteiger partial charge on any atom is 0.417 e. The molecule has 0 aromatic heterocycles. The molecule has 2 saturated heterocycles. The number of Topliss-reactive ketones (excluding diaryl/α,β-unsaturated/α-hetero) is 1. The summed E-state index contributed by atoms with van der Waals surface area (Å²) in [6, 6.07) is 8.11. The smallest absolute Gasteiger partial charge is 0.363 e. The minimum atomic E-state index is -4.55. The van der Waals surface area contributed by atoms with Crippen LogP contribution in [0.2, 0.25) is 0 Å². The third kappa shape index (κ3) is 8.57. The number of allylic oxidation sites excluding steroid dienone is 1. The van der Waals surface area contributed by atoms with E-state index in [9.17, 15) is 22.8 Å². The van der Waals surface area contributed by atoms with Crippen molar-refractivity contribution in [3.05, 3.63) is 59.8 Å². The molecule has 0 atom stereocenters. The molecular formula is C26H33ClF3N3O3. The predicted octanol–water partition coefficient (Wildman–Crippen LogP) is 4.18. The highest BCUT2D eigenvalue weighted by molar-refractivity contribution is 5.85. The van der Waals surface area contributed by atoms with Crippen LogP contribution < -0.4 is 0 Å². The molecule has 1 aromatic rings. The molecule has 0 bridgehead atoms. The van der Waals surface area contributed by atoms with Crippen molar-refractivity contribution >= 4 is 30.3 Å². The molecule has 1 spiro atoms. The largest absolute Gasteiger partial charge is 0.417 e. The highest BCUT2D eigenvalue weighted by Gasteiger charge is 2.42. The number of hydrogen-bond acceptors (Lipinski definition) is 5. The van der Waals surface area contributed by atoms with Gasteiger partial charge in [-0.3, -0.25) is 14.6 Å². The normalized spacial score (nSPS) is 18.3. The van der Waals surface area contributed by atoms with E-state index in [1.807, 2.05) is 12.1 Å². The molecule has 2 heterocycles. The van der Waals surface area contributed by atoms with Crippen LogP contribution in [0.15, 0.2) is 53.7 Å². The molecule has 0 aliphatic carbocycles. The number of ketones is 1. The Labute approximate surface area is 216 Å². The van der Waals surface area contributed by atoms with Crippen molar-refractivity contribution in [2.75, 3.05) is 39.3 Å². The number of carbonyl (C=O) groups excluding carboxylic acids is 2. The van der Waals surface area contributed by atoms with E-state index in [1.165, 1.54) is 5.56 Å². The van der Waals surface area contributed by atoms with Gasteiger partial charge < -0.3 is 14.5 Å². The number of morpholine rings is 1. The number of likely N-dealkylation sites (tertiary alicyclic amines) is 1. The summed E-state index contributed by atoms with van der Waals surface area (Å²) in [6.07, 6.45) is -1.08. The quantitative estimate of drug-likeness (QED) is 0.452. The van der Waals surface area contributed by atoms with Crippen molar-refractivity contribution in [3.8, 4) is 0 Å². The van der Waals surface area contributed by atoms with Gasteiger partial charge in [0.15, 0.2) is 0 Å². The van der Waals surface area contributed by atoms with E-state index in [0.29, 0.717) is 19.2 Å². The molecule has 1 aromatic carbocycles. The lowest BCUT2D eigenvalue weighted by Gasteiger charge is -2.47. The first kappa shape index (κ1) is 29.7. The van der Waals surface area contributed by atoms with Crippen LogP contribution in [-0.2, 0) is 27.2 Å². The minimum absolute atomic E-state index is 0. The van der Waals surface area contributed by atoms with Gasteiger partial charge in [-0.15, -0.1) is 12.4 Å². The van der Waals surface area contributed by atoms with Gasteiger partial charge in [-0.05, 0) is 37.3 Å². The molecule has 36 heavy (non-hydrogen) atoms. The van der Waals surface area contributed by atoms with E-state index in [0.717, 1.165) is 44.5 Å². The molecule has 0 saturated carbocycles. The Morgan fingerprint density at radius 1 is 1.22 bits per heavy atom. The van der Waals surface area contributed by atoms with Gasteiger partial charge in [0.25, 0.3) is 0 Å². The average Bonchev–Trinajstić information content (AvgIpc) is 2.79. The van der Waals surface area contributed by atoms with Crippen molar-refractivity contribution in [1.82, 2.24) is 9.80 Å². The van der Waals surface area contributed by atoms with E-state index in [-0.39, 0.29) is 42.9 Å². The lowest BCUT2D eigenvalue weighted by molar-refractivity contribution is -0.170. The van der Waals surface area contributed by atoms with Crippen molar-refractivity contribution in [2.45, 2.75) is 44.4 Å². The summed E-state index contributed by atoms with van der Waals surface area (Å²) in [6.45, 7) is 11.1. The second-order valence-corrected chi connectivity index (χ2v) is 9.36. The van der Waals surface area contributed by atoms with E-state index < -0.39 is 17.4 Å². The van der Waals surface area contributed by atoms with Crippen LogP contribution in [-0.4, -0.2) is 78.8 Å². The Morgan fingerprint density at radius 2 is 1.89 bits per heavy atom. The summed E-state index contributed by atoms with van der Waals surface area (Å²) in [4.78, 5) is 31.4. The van der Waals surface area contributed by atoms with Gasteiger partial charge in [0.05, 0.1) is 30.0 Å². The Morgan fingerprint density at radius 3 is 2.53 bits per heavy atom.